The van der Waals surface area contributed by atoms with E-state index in [1.807, 2.05) is 0 Å². The third kappa shape index (κ3) is 1960. The van der Waals surface area contributed by atoms with Crippen LogP contribution in [0.4, 0.5) is 0 Å². The summed E-state index contributed by atoms with van der Waals surface area (Å²) in [5, 5.41) is 232. The Labute approximate surface area is 2320 Å². The molecule has 0 aliphatic rings. The van der Waals surface area contributed by atoms with Gasteiger partial charge in [0.15, 0.2) is 0 Å². The molecule has 0 atom stereocenters. The van der Waals surface area contributed by atoms with Gasteiger partial charge in [-0.2, -0.15) is 0 Å². The predicted octanol–water partition coefficient (Wildman–Crippen LogP) is -105. The summed E-state index contributed by atoms with van der Waals surface area (Å²) in [4.78, 5) is 1.62. The molecule has 0 heterocycles. The van der Waals surface area contributed by atoms with Gasteiger partial charge in [-0.1, -0.05) is 0 Å². The van der Waals surface area contributed by atoms with Crippen LogP contribution in [0, 0.1) is 10.2 Å². The fraction of sp³-hybridized carbons (Fsp3) is 0. The van der Waals surface area contributed by atoms with Gasteiger partial charge in [0.25, 0.3) is 0 Å². The van der Waals surface area contributed by atoms with Crippen molar-refractivity contribution in [3.63, 3.8) is 0 Å². The van der Waals surface area contributed by atoms with E-state index in [0.717, 1.165) is 0 Å². The first-order chi connectivity index (χ1) is 45.3. The van der Waals surface area contributed by atoms with E-state index in [9.17, 15) is 0 Å². The number of rotatable bonds is 0. The SMILES string of the molecule is N#C[Se].[K+].[K+].[K+].[K+].[K+].[K+].[K+].[K+].[K+].[K+].[K+].[K+].[K+].[K+].[K+].[K+].[K+].[K+].[K+].[K+].[K+].[K+].[K+].[K+].[K+].[K+].[K+].[K+].[K+].[K+].[K+].[N-]=C=[Se].[N-]=C=[Se].[N-]=C=[Se].[N-]=C=[Se].[N-]=C=[Se].[N-]=C=[Se].[N-]=C=[Se].[N-]=C=[Se].[N-]=C=[Se].[N-]=C=[Se].[N-]=C=[Se].[N-]=C=[Se].[N-]=C=[Se].[N-]=C=[Se].[N-]=C=[Se].[N-]=C=[Se].[N-]=C=[Se].[N-]=C=[Se].[N-]=C=[Se].[N-]=C=[Se].[N-]=C=[Se].[N-]=C=[Se].[N-]=C=[Se].[N-]=C=[Se].[N-]=C=[Se].[N-]=C=[Se].[N-]=C=[Se].[N-]=C=[Se].[N-]=C=[Se].[N-]=C=[Se].[N-]=C=[Se]. The monoisotopic (exact) mass is 4600 g/mol. The van der Waals surface area contributed by atoms with Crippen LogP contribution in [0.15, 0.2) is 0 Å². The zero-order valence-electron chi connectivity index (χ0n) is 74.4. The van der Waals surface area contributed by atoms with E-state index in [1.165, 1.54) is 0 Å². The van der Waals surface area contributed by atoms with E-state index in [2.05, 4.69) is 499 Å². The van der Waals surface area contributed by atoms with Gasteiger partial charge in [0.2, 0.25) is 0 Å². The van der Waals surface area contributed by atoms with Gasteiger partial charge in [-0.25, -0.2) is 0 Å². The maximum atomic E-state index is 7.26. The zero-order chi connectivity index (χ0) is 86.6. The topological polar surface area (TPSA) is 715 Å². The summed E-state index contributed by atoms with van der Waals surface area (Å²) in [6.45, 7) is 0. The van der Waals surface area contributed by atoms with E-state index >= 15 is 0 Å². The fourth-order valence-electron chi connectivity index (χ4n) is 0. The maximum absolute atomic E-state index is 7.26. The van der Waals surface area contributed by atoms with E-state index in [0.29, 0.717) is 0 Å². The molecular formula is C32K31N32Se32. The predicted molar refractivity (Wildman–Crippen MR) is 449 cm³/mol. The van der Waals surface area contributed by atoms with Gasteiger partial charge in [0, 0.05) is 0 Å². The number of hydrogen-bond donors (Lipinski definition) is 0. The summed E-state index contributed by atoms with van der Waals surface area (Å²) in [6.07, 6.45) is 0. The molecule has 0 aromatic carbocycles. The van der Waals surface area contributed by atoms with Crippen LogP contribution in [0.2, 0.25) is 0 Å². The summed E-state index contributed by atoms with van der Waals surface area (Å²) in [6, 6.07) is 0. The molecule has 0 N–H and O–H groups in total. The Balaban J connectivity index is -0.00000000542. The molecule has 0 amide bonds. The molecule has 1 radical (unpaired) electrons. The van der Waals surface area contributed by atoms with Crippen molar-refractivity contribution in [1.29, 1.82) is 5.26 Å². The minimum absolute atomic E-state index is 0. The summed E-state index contributed by atoms with van der Waals surface area (Å²) < 4.78 is 50.4. The molecule has 0 aliphatic carbocycles. The average Bonchev–Trinajstić information content (AvgIpc) is 3.46. The number of nitrogens with zero attached hydrogens (tertiary/aromatic N) is 32. The Morgan fingerprint density at radius 1 is 0.0866 bits per heavy atom. The molecule has 0 rings (SSSR count). The Hall–Kier alpha value is 53.8. The molecule has 95 heteroatoms. The molecule has 0 aromatic heterocycles. The first-order valence-electron chi connectivity index (χ1n) is 13.7. The van der Waals surface area contributed by atoms with Gasteiger partial charge in [-0.3, -0.25) is 0 Å². The Bertz CT molecular complexity index is 1930. The van der Waals surface area contributed by atoms with Crippen molar-refractivity contribution in [3.05, 3.63) is 168 Å². The molecule has 32 nitrogen and oxygen atoms in total. The molecular weight excluding hydrogens is 4570 g/mol. The van der Waals surface area contributed by atoms with E-state index < -0.39 is 0 Å². The minimum atomic E-state index is 0. The van der Waals surface area contributed by atoms with Crippen molar-refractivity contribution in [2.75, 3.05) is 0 Å². The van der Waals surface area contributed by atoms with E-state index in [4.69, 9.17) is 173 Å². The first-order valence-corrected chi connectivity index (χ1v) is 41.1. The quantitative estimate of drug-likeness (QED) is 0.166. The Morgan fingerprint density at radius 3 is 0.0866 bits per heavy atom. The second kappa shape index (κ2) is 781. The van der Waals surface area contributed by atoms with Gasteiger partial charge in [-0.15, -0.1) is 0 Å². The van der Waals surface area contributed by atoms with Gasteiger partial charge in [-0.05, 0) is 0 Å². The summed E-state index contributed by atoms with van der Waals surface area (Å²) in [5.41, 5.74) is 0. The van der Waals surface area contributed by atoms with Crippen LogP contribution < -0.4 is 1590 Å². The van der Waals surface area contributed by atoms with Crippen molar-refractivity contribution in [3.8, 4) is 4.97 Å². The van der Waals surface area contributed by atoms with E-state index in [1.54, 1.807) is 151 Å². The van der Waals surface area contributed by atoms with Crippen LogP contribution in [0.25, 0.3) is 168 Å². The van der Waals surface area contributed by atoms with Crippen molar-refractivity contribution in [2.24, 2.45) is 0 Å². The van der Waals surface area contributed by atoms with Crippen molar-refractivity contribution >= 4 is 645 Å². The standard InChI is InChI=1S/32CNSe.31K/c32*2-1-3;;;;;;;;;;;;;;;;;;;;;;;;;;;;;;;/q;31*-1;31*+1. The van der Waals surface area contributed by atoms with Crippen LogP contribution in [0.5, 0.6) is 0 Å². The van der Waals surface area contributed by atoms with Gasteiger partial charge < -0.3 is 0 Å². The van der Waals surface area contributed by atoms with Crippen LogP contribution in [0.3, 0.4) is 0 Å². The van der Waals surface area contributed by atoms with Crippen molar-refractivity contribution < 1.29 is 1590 Å². The fourth-order valence-corrected chi connectivity index (χ4v) is 0. The first kappa shape index (κ1) is 421. The van der Waals surface area contributed by atoms with Crippen molar-refractivity contribution in [2.45, 2.75) is 0 Å². The second-order valence-electron chi connectivity index (χ2n) is 2.92. The molecule has 0 aromatic rings. The van der Waals surface area contributed by atoms with E-state index in [-0.39, 0.29) is 1590 Å². The third-order valence-corrected chi connectivity index (χ3v) is 0. The van der Waals surface area contributed by atoms with Crippen LogP contribution in [-0.4, -0.2) is 645 Å². The molecule has 511 valence electrons. The van der Waals surface area contributed by atoms with Gasteiger partial charge in [0.1, 0.15) is 0 Å². The van der Waals surface area contributed by atoms with Gasteiger partial charge >= 0.3 is 2420 Å². The molecule has 0 saturated heterocycles. The molecule has 127 heavy (non-hydrogen) atoms. The Kier molecular flexibility index (Phi) is 2590. The molecule has 0 bridgehead atoms. The summed E-state index contributed by atoms with van der Waals surface area (Å²) >= 11 is 67.6. The average molecular weight is 4570 g/mol. The van der Waals surface area contributed by atoms with Crippen LogP contribution in [0.1, 0.15) is 0 Å². The molecule has 0 saturated carbocycles. The summed E-state index contributed by atoms with van der Waals surface area (Å²) in [5.74, 6) is 0. The number of nitriles is 1. The normalized spacial score (nSPS) is 2.01. The van der Waals surface area contributed by atoms with Crippen LogP contribution in [-0.2, 0) is 0 Å². The van der Waals surface area contributed by atoms with Crippen molar-refractivity contribution in [1.82, 2.24) is 0 Å². The van der Waals surface area contributed by atoms with Crippen LogP contribution >= 0.6 is 0 Å². The number of hydrogen-bond acceptors (Lipinski definition) is 1. The molecule has 0 aliphatic heterocycles. The second-order valence-corrected chi connectivity index (χ2v) is 15.2. The molecule has 0 fully saturated rings. The summed E-state index contributed by atoms with van der Waals surface area (Å²) in [7, 11) is 0. The molecule has 0 spiro atoms. The van der Waals surface area contributed by atoms with Gasteiger partial charge in [0.05, 0.1) is 0 Å². The Morgan fingerprint density at radius 2 is 0.0866 bits per heavy atom. The molecule has 0 unspecified atom stereocenters. The third-order valence-electron chi connectivity index (χ3n) is 0. The zero-order valence-corrected chi connectivity index (χ0v) is 226.